The van der Waals surface area contributed by atoms with Gasteiger partial charge in [0, 0.05) is 41.2 Å². The van der Waals surface area contributed by atoms with Gasteiger partial charge in [-0.3, -0.25) is 4.79 Å². The van der Waals surface area contributed by atoms with Crippen molar-refractivity contribution in [1.29, 1.82) is 0 Å². The van der Waals surface area contributed by atoms with E-state index in [0.29, 0.717) is 17.4 Å². The number of hydrogen-bond donors (Lipinski definition) is 0. The Hall–Kier alpha value is -1.28. The molecule has 0 unspecified atom stereocenters. The molecule has 1 aliphatic carbocycles. The number of aryl methyl sites for hydroxylation is 1. The molecule has 1 fully saturated rings. The summed E-state index contributed by atoms with van der Waals surface area (Å²) in [7, 11) is 1.96. The van der Waals surface area contributed by atoms with E-state index >= 15 is 0 Å². The molecule has 0 N–H and O–H groups in total. The van der Waals surface area contributed by atoms with Crippen LogP contribution in [0.2, 0.25) is 5.02 Å². The molecule has 1 aromatic carbocycles. The van der Waals surface area contributed by atoms with Crippen LogP contribution in [0.4, 0.5) is 0 Å². The Morgan fingerprint density at radius 1 is 1.37 bits per heavy atom. The van der Waals surface area contributed by atoms with E-state index in [2.05, 4.69) is 0 Å². The minimum atomic E-state index is 0.278. The number of halogens is 1. The molecule has 1 aromatic heterocycles. The molecule has 1 saturated carbocycles. The van der Waals surface area contributed by atoms with Gasteiger partial charge in [-0.25, -0.2) is 0 Å². The highest BCUT2D eigenvalue weighted by atomic mass is 35.5. The maximum absolute atomic E-state index is 12.5. The fourth-order valence-electron chi connectivity index (χ4n) is 3.17. The van der Waals surface area contributed by atoms with Gasteiger partial charge in [-0.15, -0.1) is 0 Å². The van der Waals surface area contributed by atoms with E-state index in [1.165, 1.54) is 25.7 Å². The third kappa shape index (κ3) is 2.42. The quantitative estimate of drug-likeness (QED) is 0.751. The molecule has 3 rings (SSSR count). The summed E-state index contributed by atoms with van der Waals surface area (Å²) in [5, 5.41) is 1.73. The molecule has 1 aliphatic rings. The molecule has 0 radical (unpaired) electrons. The fourth-order valence-corrected chi connectivity index (χ4v) is 3.33. The van der Waals surface area contributed by atoms with Crippen molar-refractivity contribution in [3.63, 3.8) is 0 Å². The minimum absolute atomic E-state index is 0.278. The summed E-state index contributed by atoms with van der Waals surface area (Å²) in [5.41, 5.74) is 1.88. The topological polar surface area (TPSA) is 22.0 Å². The normalized spacial score (nSPS) is 16.3. The lowest BCUT2D eigenvalue weighted by molar-refractivity contribution is 0.0963. The van der Waals surface area contributed by atoms with E-state index in [-0.39, 0.29) is 5.78 Å². The number of benzene rings is 1. The molecule has 0 aliphatic heterocycles. The van der Waals surface area contributed by atoms with Gasteiger partial charge in [0.15, 0.2) is 5.78 Å². The smallest absolute Gasteiger partial charge is 0.165 e. The highest BCUT2D eigenvalue weighted by molar-refractivity contribution is 6.31. The monoisotopic (exact) mass is 275 g/mol. The summed E-state index contributed by atoms with van der Waals surface area (Å²) in [5.74, 6) is 0.870. The van der Waals surface area contributed by atoms with Crippen LogP contribution in [0.25, 0.3) is 10.9 Å². The molecular weight excluding hydrogens is 258 g/mol. The maximum Gasteiger partial charge on any atom is 0.165 e. The lowest BCUT2D eigenvalue weighted by atomic mass is 9.97. The zero-order valence-electron chi connectivity index (χ0n) is 11.2. The zero-order valence-corrected chi connectivity index (χ0v) is 11.9. The Kier molecular flexibility index (Phi) is 3.36. The number of Topliss-reactive ketones (excluding diaryl/α,β-unsaturated/α-hetero) is 1. The highest BCUT2D eigenvalue weighted by Gasteiger charge is 2.21. The molecule has 0 atom stereocenters. The van der Waals surface area contributed by atoms with Gasteiger partial charge in [0.2, 0.25) is 0 Å². The first-order chi connectivity index (χ1) is 9.15. The van der Waals surface area contributed by atoms with E-state index < -0.39 is 0 Å². The van der Waals surface area contributed by atoms with Crippen LogP contribution in [0.1, 0.15) is 42.5 Å². The van der Waals surface area contributed by atoms with Gasteiger partial charge >= 0.3 is 0 Å². The van der Waals surface area contributed by atoms with Gasteiger partial charge in [0.25, 0.3) is 0 Å². The van der Waals surface area contributed by atoms with Gasteiger partial charge < -0.3 is 4.57 Å². The molecule has 1 heterocycles. The van der Waals surface area contributed by atoms with E-state index in [9.17, 15) is 4.79 Å². The lowest BCUT2D eigenvalue weighted by Gasteiger charge is -2.06. The summed E-state index contributed by atoms with van der Waals surface area (Å²) in [6.07, 6.45) is 7.62. The molecule has 0 spiro atoms. The second kappa shape index (κ2) is 5.01. The van der Waals surface area contributed by atoms with Crippen LogP contribution in [-0.4, -0.2) is 10.4 Å². The Morgan fingerprint density at radius 3 is 2.84 bits per heavy atom. The summed E-state index contributed by atoms with van der Waals surface area (Å²) >= 11 is 6.02. The van der Waals surface area contributed by atoms with Crippen LogP contribution in [0.5, 0.6) is 0 Å². The number of carbonyl (C=O) groups excluding carboxylic acids is 1. The number of aromatic nitrogens is 1. The Balaban J connectivity index is 1.93. The first-order valence-electron chi connectivity index (χ1n) is 6.93. The van der Waals surface area contributed by atoms with Crippen LogP contribution in [0.3, 0.4) is 0 Å². The number of nitrogens with zero attached hydrogens (tertiary/aromatic N) is 1. The second-order valence-electron chi connectivity index (χ2n) is 5.59. The minimum Gasteiger partial charge on any atom is -0.350 e. The number of carbonyl (C=O) groups is 1. The summed E-state index contributed by atoms with van der Waals surface area (Å²) < 4.78 is 1.99. The van der Waals surface area contributed by atoms with Crippen molar-refractivity contribution in [3.8, 4) is 0 Å². The fraction of sp³-hybridized carbons (Fsp3) is 0.438. The van der Waals surface area contributed by atoms with Crippen molar-refractivity contribution < 1.29 is 4.79 Å². The SMILES string of the molecule is Cn1cc(C(=O)CC2CCCC2)c2ccc(Cl)cc21. The van der Waals surface area contributed by atoms with Gasteiger partial charge in [0.1, 0.15) is 0 Å². The predicted octanol–water partition coefficient (Wildman–Crippen LogP) is 4.59. The number of rotatable bonds is 3. The first-order valence-corrected chi connectivity index (χ1v) is 7.31. The molecular formula is C16H18ClNO. The van der Waals surface area contributed by atoms with Crippen LogP contribution in [-0.2, 0) is 7.05 Å². The van der Waals surface area contributed by atoms with E-state index in [4.69, 9.17) is 11.6 Å². The molecule has 2 aromatic rings. The van der Waals surface area contributed by atoms with E-state index in [1.807, 2.05) is 36.0 Å². The molecule has 2 nitrogen and oxygen atoms in total. The second-order valence-corrected chi connectivity index (χ2v) is 6.03. The molecule has 19 heavy (non-hydrogen) atoms. The first kappa shape index (κ1) is 12.7. The van der Waals surface area contributed by atoms with Gasteiger partial charge in [-0.05, 0) is 18.1 Å². The average molecular weight is 276 g/mol. The van der Waals surface area contributed by atoms with Crippen molar-refractivity contribution in [1.82, 2.24) is 4.57 Å². The van der Waals surface area contributed by atoms with Crippen molar-refractivity contribution in [2.45, 2.75) is 32.1 Å². The van der Waals surface area contributed by atoms with Gasteiger partial charge in [-0.1, -0.05) is 43.4 Å². The number of ketones is 1. The third-order valence-corrected chi connectivity index (χ3v) is 4.44. The third-order valence-electron chi connectivity index (χ3n) is 4.20. The number of fused-ring (bicyclic) bond motifs is 1. The molecule has 3 heteroatoms. The molecule has 0 bridgehead atoms. The Morgan fingerprint density at radius 2 is 2.11 bits per heavy atom. The summed E-state index contributed by atoms with van der Waals surface area (Å²) in [4.78, 5) is 12.5. The zero-order chi connectivity index (χ0) is 13.4. The van der Waals surface area contributed by atoms with Crippen LogP contribution >= 0.6 is 11.6 Å². The lowest BCUT2D eigenvalue weighted by Crippen LogP contribution is -2.05. The number of hydrogen-bond acceptors (Lipinski definition) is 1. The van der Waals surface area contributed by atoms with Gasteiger partial charge in [-0.2, -0.15) is 0 Å². The highest BCUT2D eigenvalue weighted by Crippen LogP contribution is 2.31. The van der Waals surface area contributed by atoms with E-state index in [0.717, 1.165) is 16.5 Å². The van der Waals surface area contributed by atoms with E-state index in [1.54, 1.807) is 0 Å². The summed E-state index contributed by atoms with van der Waals surface area (Å²) in [6.45, 7) is 0. The molecule has 0 saturated heterocycles. The van der Waals surface area contributed by atoms with Crippen LogP contribution in [0.15, 0.2) is 24.4 Å². The van der Waals surface area contributed by atoms with Crippen LogP contribution in [0, 0.1) is 5.92 Å². The largest absolute Gasteiger partial charge is 0.350 e. The molecule has 100 valence electrons. The predicted molar refractivity (Wildman–Crippen MR) is 78.8 cm³/mol. The van der Waals surface area contributed by atoms with Crippen molar-refractivity contribution >= 4 is 28.3 Å². The maximum atomic E-state index is 12.5. The van der Waals surface area contributed by atoms with Crippen molar-refractivity contribution in [3.05, 3.63) is 35.0 Å². The van der Waals surface area contributed by atoms with Crippen molar-refractivity contribution in [2.75, 3.05) is 0 Å². The van der Waals surface area contributed by atoms with Crippen molar-refractivity contribution in [2.24, 2.45) is 13.0 Å². The Labute approximate surface area is 118 Å². The Bertz CT molecular complexity index is 623. The average Bonchev–Trinajstić information content (AvgIpc) is 2.98. The van der Waals surface area contributed by atoms with Crippen LogP contribution < -0.4 is 0 Å². The standard InChI is InChI=1S/C16H18ClNO/c1-18-10-14(13-7-6-12(17)9-15(13)18)16(19)8-11-4-2-3-5-11/h6-7,9-11H,2-5,8H2,1H3. The summed E-state index contributed by atoms with van der Waals surface area (Å²) in [6, 6.07) is 5.74. The van der Waals surface area contributed by atoms with Gasteiger partial charge in [0.05, 0.1) is 0 Å². The molecule has 0 amide bonds.